The van der Waals surface area contributed by atoms with Gasteiger partial charge in [0, 0.05) is 20.1 Å². The molecule has 1 heterocycles. The number of alkyl halides is 3. The molecule has 1 N–H and O–H groups in total. The third-order valence-corrected chi connectivity index (χ3v) is 2.99. The summed E-state index contributed by atoms with van der Waals surface area (Å²) < 4.78 is 38.8. The van der Waals surface area contributed by atoms with E-state index in [1.165, 1.54) is 0 Å². The minimum atomic E-state index is -4.37. The van der Waals surface area contributed by atoms with Crippen molar-refractivity contribution in [1.82, 2.24) is 9.88 Å². The van der Waals surface area contributed by atoms with E-state index in [4.69, 9.17) is 0 Å². The molecule has 7 heteroatoms. The van der Waals surface area contributed by atoms with Crippen molar-refractivity contribution in [3.8, 4) is 0 Å². The van der Waals surface area contributed by atoms with Gasteiger partial charge in [-0.2, -0.15) is 13.2 Å². The zero-order chi connectivity index (χ0) is 16.0. The predicted octanol–water partition coefficient (Wildman–Crippen LogP) is 2.92. The second-order valence-corrected chi connectivity index (χ2v) is 5.21. The summed E-state index contributed by atoms with van der Waals surface area (Å²) in [5.41, 5.74) is -0.678. The summed E-state index contributed by atoms with van der Waals surface area (Å²) in [6.45, 7) is 3.88. The van der Waals surface area contributed by atoms with Crippen LogP contribution in [0.15, 0.2) is 12.1 Å². The van der Waals surface area contributed by atoms with Crippen molar-refractivity contribution >= 4 is 11.6 Å². The van der Waals surface area contributed by atoms with Crippen molar-refractivity contribution in [2.45, 2.75) is 19.5 Å². The summed E-state index contributed by atoms with van der Waals surface area (Å²) in [4.78, 5) is 8.02. The quantitative estimate of drug-likeness (QED) is 0.839. The molecule has 0 saturated heterocycles. The summed E-state index contributed by atoms with van der Waals surface area (Å²) in [6, 6.07) is 2.14. The zero-order valence-electron chi connectivity index (χ0n) is 13.0. The van der Waals surface area contributed by atoms with E-state index in [0.29, 0.717) is 18.9 Å². The number of pyridine rings is 1. The molecular formula is C14H23F3N4. The van der Waals surface area contributed by atoms with Gasteiger partial charge >= 0.3 is 6.18 Å². The molecule has 0 bridgehead atoms. The average Bonchev–Trinajstić information content (AvgIpc) is 2.37. The van der Waals surface area contributed by atoms with Crippen molar-refractivity contribution in [1.29, 1.82) is 0 Å². The SMILES string of the molecule is CCNc1cc(C(F)(F)F)cc(N(C)CCCN(C)C)n1. The molecular weight excluding hydrogens is 281 g/mol. The van der Waals surface area contributed by atoms with E-state index in [9.17, 15) is 13.2 Å². The average molecular weight is 304 g/mol. The maximum absolute atomic E-state index is 12.9. The van der Waals surface area contributed by atoms with E-state index in [-0.39, 0.29) is 5.82 Å². The molecule has 21 heavy (non-hydrogen) atoms. The number of hydrogen-bond donors (Lipinski definition) is 1. The smallest absolute Gasteiger partial charge is 0.370 e. The van der Waals surface area contributed by atoms with Gasteiger partial charge in [0.15, 0.2) is 0 Å². The largest absolute Gasteiger partial charge is 0.416 e. The third kappa shape index (κ3) is 5.79. The lowest BCUT2D eigenvalue weighted by Gasteiger charge is -2.21. The molecule has 0 aromatic carbocycles. The Morgan fingerprint density at radius 3 is 2.33 bits per heavy atom. The summed E-state index contributed by atoms with van der Waals surface area (Å²) in [5.74, 6) is 0.585. The van der Waals surface area contributed by atoms with Gasteiger partial charge in [0.25, 0.3) is 0 Å². The lowest BCUT2D eigenvalue weighted by molar-refractivity contribution is -0.137. The number of nitrogens with zero attached hydrogens (tertiary/aromatic N) is 3. The van der Waals surface area contributed by atoms with Gasteiger partial charge in [-0.15, -0.1) is 0 Å². The minimum Gasteiger partial charge on any atom is -0.370 e. The molecule has 4 nitrogen and oxygen atoms in total. The molecule has 1 aromatic heterocycles. The lowest BCUT2D eigenvalue weighted by Crippen LogP contribution is -2.24. The maximum Gasteiger partial charge on any atom is 0.416 e. The topological polar surface area (TPSA) is 31.4 Å². The van der Waals surface area contributed by atoms with E-state index < -0.39 is 11.7 Å². The van der Waals surface area contributed by atoms with Crippen LogP contribution in [0, 0.1) is 0 Å². The van der Waals surface area contributed by atoms with Crippen molar-refractivity contribution < 1.29 is 13.2 Å². The normalized spacial score (nSPS) is 11.8. The van der Waals surface area contributed by atoms with Gasteiger partial charge in [-0.1, -0.05) is 0 Å². The van der Waals surface area contributed by atoms with Crippen LogP contribution in [0.3, 0.4) is 0 Å². The number of hydrogen-bond acceptors (Lipinski definition) is 4. The molecule has 0 saturated carbocycles. The zero-order valence-corrected chi connectivity index (χ0v) is 13.0. The van der Waals surface area contributed by atoms with Gasteiger partial charge < -0.3 is 15.1 Å². The van der Waals surface area contributed by atoms with Crippen molar-refractivity contribution in [3.05, 3.63) is 17.7 Å². The summed E-state index contributed by atoms with van der Waals surface area (Å²) in [6.07, 6.45) is -3.51. The Hall–Kier alpha value is -1.50. The van der Waals surface area contributed by atoms with E-state index in [0.717, 1.165) is 25.1 Å². The molecule has 1 rings (SSSR count). The van der Waals surface area contributed by atoms with Crippen LogP contribution in [0.2, 0.25) is 0 Å². The molecule has 0 amide bonds. The molecule has 0 fully saturated rings. The Morgan fingerprint density at radius 1 is 1.14 bits per heavy atom. The first-order valence-electron chi connectivity index (χ1n) is 6.93. The highest BCUT2D eigenvalue weighted by molar-refractivity contribution is 5.50. The highest BCUT2D eigenvalue weighted by Gasteiger charge is 2.32. The van der Waals surface area contributed by atoms with Crippen LogP contribution in [0.25, 0.3) is 0 Å². The summed E-state index contributed by atoms with van der Waals surface area (Å²) in [7, 11) is 5.69. The number of nitrogens with one attached hydrogen (secondary N) is 1. The van der Waals surface area contributed by atoms with Crippen molar-refractivity contribution in [2.24, 2.45) is 0 Å². The van der Waals surface area contributed by atoms with Crippen molar-refractivity contribution in [3.63, 3.8) is 0 Å². The molecule has 0 spiro atoms. The highest BCUT2D eigenvalue weighted by Crippen LogP contribution is 2.32. The molecule has 0 aliphatic rings. The van der Waals surface area contributed by atoms with Crippen LogP contribution in [0.5, 0.6) is 0 Å². The fourth-order valence-electron chi connectivity index (χ4n) is 1.89. The van der Waals surface area contributed by atoms with E-state index in [1.807, 2.05) is 25.9 Å². The Balaban J connectivity index is 2.91. The third-order valence-electron chi connectivity index (χ3n) is 2.99. The number of halogens is 3. The minimum absolute atomic E-state index is 0.252. The Bertz CT molecular complexity index is 446. The van der Waals surface area contributed by atoms with Gasteiger partial charge in [0.1, 0.15) is 11.6 Å². The van der Waals surface area contributed by atoms with E-state index in [1.54, 1.807) is 11.9 Å². The summed E-state index contributed by atoms with van der Waals surface area (Å²) in [5, 5.41) is 2.84. The molecule has 0 aliphatic carbocycles. The van der Waals surface area contributed by atoms with Gasteiger partial charge in [-0.3, -0.25) is 0 Å². The molecule has 0 atom stereocenters. The first-order valence-corrected chi connectivity index (χ1v) is 6.93. The summed E-state index contributed by atoms with van der Waals surface area (Å²) >= 11 is 0. The first-order chi connectivity index (χ1) is 9.74. The lowest BCUT2D eigenvalue weighted by atomic mass is 10.2. The van der Waals surface area contributed by atoms with Gasteiger partial charge in [0.2, 0.25) is 0 Å². The van der Waals surface area contributed by atoms with Crippen LogP contribution in [0.4, 0.5) is 24.8 Å². The highest BCUT2D eigenvalue weighted by atomic mass is 19.4. The van der Waals surface area contributed by atoms with Crippen LogP contribution in [-0.4, -0.2) is 50.7 Å². The van der Waals surface area contributed by atoms with Crippen LogP contribution < -0.4 is 10.2 Å². The first kappa shape index (κ1) is 17.6. The van der Waals surface area contributed by atoms with Gasteiger partial charge in [-0.25, -0.2) is 4.98 Å². The van der Waals surface area contributed by atoms with Crippen LogP contribution >= 0.6 is 0 Å². The maximum atomic E-state index is 12.9. The number of anilines is 2. The molecule has 0 radical (unpaired) electrons. The molecule has 120 valence electrons. The van der Waals surface area contributed by atoms with Crippen molar-refractivity contribution in [2.75, 3.05) is 51.0 Å². The van der Waals surface area contributed by atoms with E-state index in [2.05, 4.69) is 10.3 Å². The fourth-order valence-corrected chi connectivity index (χ4v) is 1.89. The van der Waals surface area contributed by atoms with Crippen LogP contribution in [0.1, 0.15) is 18.9 Å². The van der Waals surface area contributed by atoms with Gasteiger partial charge in [0.05, 0.1) is 5.56 Å². The Morgan fingerprint density at radius 2 is 1.81 bits per heavy atom. The Labute approximate surface area is 124 Å². The number of rotatable bonds is 7. The Kier molecular flexibility index (Phi) is 6.26. The second-order valence-electron chi connectivity index (χ2n) is 5.21. The number of aromatic nitrogens is 1. The standard InChI is InChI=1S/C14H23F3N4/c1-5-18-12-9-11(14(15,16)17)10-13(19-12)21(4)8-6-7-20(2)3/h9-10H,5-8H2,1-4H3,(H,18,19). The van der Waals surface area contributed by atoms with E-state index >= 15 is 0 Å². The second kappa shape index (κ2) is 7.49. The molecule has 0 unspecified atom stereocenters. The predicted molar refractivity (Wildman–Crippen MR) is 79.8 cm³/mol. The molecule has 1 aromatic rings. The monoisotopic (exact) mass is 304 g/mol. The van der Waals surface area contributed by atoms with Gasteiger partial charge in [-0.05, 0) is 46.1 Å². The molecule has 0 aliphatic heterocycles. The van der Waals surface area contributed by atoms with Crippen LogP contribution in [-0.2, 0) is 6.18 Å². The fraction of sp³-hybridized carbons (Fsp3) is 0.643.